The Morgan fingerprint density at radius 2 is 2.00 bits per heavy atom. The molecule has 2 N–H and O–H groups in total. The maximum atomic E-state index is 5.67. The molecule has 1 atom stereocenters. The second kappa shape index (κ2) is 11.8. The van der Waals surface area contributed by atoms with Crippen molar-refractivity contribution >= 4 is 5.96 Å². The molecule has 1 saturated carbocycles. The highest BCUT2D eigenvalue weighted by Crippen LogP contribution is 2.34. The van der Waals surface area contributed by atoms with Crippen LogP contribution in [0.2, 0.25) is 0 Å². The van der Waals surface area contributed by atoms with Crippen LogP contribution in [0, 0.1) is 5.92 Å². The molecule has 6 heteroatoms. The average Bonchev–Trinajstić information content (AvgIpc) is 3.50. The maximum absolute atomic E-state index is 5.67. The Morgan fingerprint density at radius 1 is 1.21 bits per heavy atom. The summed E-state index contributed by atoms with van der Waals surface area (Å²) in [5.41, 5.74) is 1.26. The van der Waals surface area contributed by atoms with Crippen molar-refractivity contribution in [2.45, 2.75) is 45.6 Å². The molecule has 1 aromatic carbocycles. The first kappa shape index (κ1) is 22.3. The number of aliphatic imine (C=N–C) groups is 1. The average molecular weight is 391 g/mol. The number of likely N-dealkylation sites (N-methyl/N-ethyl adjacent to an activating group) is 1. The highest BCUT2D eigenvalue weighted by molar-refractivity contribution is 5.79. The van der Waals surface area contributed by atoms with Gasteiger partial charge in [-0.15, -0.1) is 0 Å². The lowest BCUT2D eigenvalue weighted by atomic mass is 10.1. The first-order chi connectivity index (χ1) is 13.6. The quantitative estimate of drug-likeness (QED) is 0.326. The molecular formula is C22H38N4O2. The van der Waals surface area contributed by atoms with Crippen LogP contribution in [0.1, 0.15) is 38.7 Å². The van der Waals surface area contributed by atoms with E-state index in [1.807, 2.05) is 13.0 Å². The highest BCUT2D eigenvalue weighted by Gasteiger charge is 2.32. The number of hydrogen-bond acceptors (Lipinski definition) is 4. The van der Waals surface area contributed by atoms with E-state index in [9.17, 15) is 0 Å². The molecule has 6 nitrogen and oxygen atoms in total. The summed E-state index contributed by atoms with van der Waals surface area (Å²) in [6.07, 6.45) is 4.70. The molecule has 1 aromatic rings. The molecule has 0 aromatic heterocycles. The molecule has 28 heavy (non-hydrogen) atoms. The smallest absolute Gasteiger partial charge is 0.191 e. The van der Waals surface area contributed by atoms with Gasteiger partial charge in [-0.1, -0.05) is 6.07 Å². The summed E-state index contributed by atoms with van der Waals surface area (Å²) in [7, 11) is 5.99. The fourth-order valence-electron chi connectivity index (χ4n) is 3.39. The van der Waals surface area contributed by atoms with Gasteiger partial charge < -0.3 is 25.0 Å². The Balaban J connectivity index is 1.82. The van der Waals surface area contributed by atoms with E-state index < -0.39 is 0 Å². The molecule has 2 rings (SSSR count). The molecule has 1 aliphatic carbocycles. The fraction of sp³-hybridized carbons (Fsp3) is 0.682. The van der Waals surface area contributed by atoms with Gasteiger partial charge in [0.15, 0.2) is 17.5 Å². The monoisotopic (exact) mass is 390 g/mol. The molecule has 0 radical (unpaired) electrons. The fourth-order valence-corrected chi connectivity index (χ4v) is 3.39. The summed E-state index contributed by atoms with van der Waals surface area (Å²) in [4.78, 5) is 7.13. The van der Waals surface area contributed by atoms with E-state index in [1.165, 1.54) is 18.4 Å². The Morgan fingerprint density at radius 3 is 2.61 bits per heavy atom. The molecular weight excluding hydrogens is 352 g/mol. The maximum Gasteiger partial charge on any atom is 0.191 e. The number of nitrogens with zero attached hydrogens (tertiary/aromatic N) is 2. The van der Waals surface area contributed by atoms with Gasteiger partial charge in [0.25, 0.3) is 0 Å². The van der Waals surface area contributed by atoms with Crippen molar-refractivity contribution in [2.75, 3.05) is 47.4 Å². The summed E-state index contributed by atoms with van der Waals surface area (Å²) >= 11 is 0. The minimum atomic E-state index is 0.548. The van der Waals surface area contributed by atoms with E-state index in [1.54, 1.807) is 7.11 Å². The number of aryl methyl sites for hydroxylation is 1. The first-order valence-electron chi connectivity index (χ1n) is 10.6. The van der Waals surface area contributed by atoms with E-state index in [0.717, 1.165) is 55.9 Å². The molecule has 0 saturated heterocycles. The molecule has 1 fully saturated rings. The van der Waals surface area contributed by atoms with Gasteiger partial charge in [-0.2, -0.15) is 0 Å². The third-order valence-electron chi connectivity index (χ3n) is 5.07. The van der Waals surface area contributed by atoms with E-state index in [4.69, 9.17) is 14.5 Å². The third kappa shape index (κ3) is 7.23. The standard InChI is InChI=1S/C22H38N4O2/c1-6-23-22(25-16-19(26(3)4)18-11-12-18)24-14-8-9-17-10-13-20(27-5)21(15-17)28-7-2/h10,13,15,18-19H,6-9,11-12,14,16H2,1-5H3,(H2,23,24,25). The lowest BCUT2D eigenvalue weighted by Gasteiger charge is -2.23. The molecule has 0 spiro atoms. The van der Waals surface area contributed by atoms with Crippen LogP contribution in [0.15, 0.2) is 23.2 Å². The Labute approximate surface area is 170 Å². The number of methoxy groups -OCH3 is 1. The van der Waals surface area contributed by atoms with E-state index in [0.29, 0.717) is 12.6 Å². The number of hydrogen-bond donors (Lipinski definition) is 2. The SMILES string of the molecule is CCNC(=NCC(C1CC1)N(C)C)NCCCc1ccc(OC)c(OCC)c1. The Hall–Kier alpha value is -1.95. The van der Waals surface area contributed by atoms with E-state index in [2.05, 4.69) is 48.7 Å². The normalized spacial score (nSPS) is 15.4. The van der Waals surface area contributed by atoms with E-state index in [-0.39, 0.29) is 0 Å². The largest absolute Gasteiger partial charge is 0.493 e. The summed E-state index contributed by atoms with van der Waals surface area (Å²) in [5.74, 6) is 3.34. The topological polar surface area (TPSA) is 58.1 Å². The lowest BCUT2D eigenvalue weighted by Crippen LogP contribution is -2.40. The van der Waals surface area contributed by atoms with Crippen molar-refractivity contribution in [3.05, 3.63) is 23.8 Å². The molecule has 158 valence electrons. The number of ether oxygens (including phenoxy) is 2. The van der Waals surface area contributed by atoms with Crippen molar-refractivity contribution in [3.8, 4) is 11.5 Å². The van der Waals surface area contributed by atoms with Crippen LogP contribution in [0.5, 0.6) is 11.5 Å². The van der Waals surface area contributed by atoms with Crippen LogP contribution in [0.25, 0.3) is 0 Å². The van der Waals surface area contributed by atoms with Crippen LogP contribution in [0.3, 0.4) is 0 Å². The van der Waals surface area contributed by atoms with Crippen LogP contribution >= 0.6 is 0 Å². The van der Waals surface area contributed by atoms with Gasteiger partial charge in [-0.05, 0) is 77.2 Å². The third-order valence-corrected chi connectivity index (χ3v) is 5.07. The Kier molecular flexibility index (Phi) is 9.41. The lowest BCUT2D eigenvalue weighted by molar-refractivity contribution is 0.271. The second-order valence-corrected chi connectivity index (χ2v) is 7.54. The van der Waals surface area contributed by atoms with Crippen LogP contribution in [0.4, 0.5) is 0 Å². The predicted octanol–water partition coefficient (Wildman–Crippen LogP) is 2.92. The zero-order chi connectivity index (χ0) is 20.4. The number of benzene rings is 1. The number of guanidine groups is 1. The van der Waals surface area contributed by atoms with Crippen LogP contribution in [-0.4, -0.2) is 64.3 Å². The molecule has 0 amide bonds. The van der Waals surface area contributed by atoms with Crippen molar-refractivity contribution in [2.24, 2.45) is 10.9 Å². The molecule has 0 bridgehead atoms. The van der Waals surface area contributed by atoms with Crippen molar-refractivity contribution < 1.29 is 9.47 Å². The van der Waals surface area contributed by atoms with Gasteiger partial charge in [0, 0.05) is 19.1 Å². The molecule has 0 heterocycles. The van der Waals surface area contributed by atoms with E-state index >= 15 is 0 Å². The molecule has 0 aliphatic heterocycles. The Bertz CT molecular complexity index is 613. The summed E-state index contributed by atoms with van der Waals surface area (Å²) in [6.45, 7) is 7.34. The van der Waals surface area contributed by atoms with Gasteiger partial charge in [-0.25, -0.2) is 0 Å². The summed E-state index contributed by atoms with van der Waals surface area (Å²) < 4.78 is 11.0. The zero-order valence-corrected chi connectivity index (χ0v) is 18.3. The summed E-state index contributed by atoms with van der Waals surface area (Å²) in [6, 6.07) is 6.72. The summed E-state index contributed by atoms with van der Waals surface area (Å²) in [5, 5.41) is 6.83. The van der Waals surface area contributed by atoms with Gasteiger partial charge >= 0.3 is 0 Å². The van der Waals surface area contributed by atoms with Crippen LogP contribution in [-0.2, 0) is 6.42 Å². The second-order valence-electron chi connectivity index (χ2n) is 7.54. The molecule has 1 unspecified atom stereocenters. The minimum Gasteiger partial charge on any atom is -0.493 e. The first-order valence-corrected chi connectivity index (χ1v) is 10.6. The number of nitrogens with one attached hydrogen (secondary N) is 2. The predicted molar refractivity (Wildman–Crippen MR) is 117 cm³/mol. The highest BCUT2D eigenvalue weighted by atomic mass is 16.5. The zero-order valence-electron chi connectivity index (χ0n) is 18.3. The number of rotatable bonds is 12. The van der Waals surface area contributed by atoms with Gasteiger partial charge in [0.2, 0.25) is 0 Å². The van der Waals surface area contributed by atoms with Crippen molar-refractivity contribution in [1.82, 2.24) is 15.5 Å². The van der Waals surface area contributed by atoms with Crippen molar-refractivity contribution in [1.29, 1.82) is 0 Å². The minimum absolute atomic E-state index is 0.548. The molecule has 1 aliphatic rings. The van der Waals surface area contributed by atoms with Gasteiger partial charge in [0.1, 0.15) is 0 Å². The van der Waals surface area contributed by atoms with Gasteiger partial charge in [0.05, 0.1) is 20.3 Å². The van der Waals surface area contributed by atoms with Gasteiger partial charge in [-0.3, -0.25) is 4.99 Å². The van der Waals surface area contributed by atoms with Crippen molar-refractivity contribution in [3.63, 3.8) is 0 Å². The van der Waals surface area contributed by atoms with Crippen LogP contribution < -0.4 is 20.1 Å².